The maximum Gasteiger partial charge on any atom is 0.263 e. The van der Waals surface area contributed by atoms with Crippen LogP contribution in [0.4, 0.5) is 5.82 Å². The van der Waals surface area contributed by atoms with E-state index in [4.69, 9.17) is 5.73 Å². The third kappa shape index (κ3) is 1.59. The molecule has 1 fully saturated rings. The molecule has 0 aliphatic carbocycles. The van der Waals surface area contributed by atoms with Crippen molar-refractivity contribution in [2.45, 2.75) is 19.3 Å². The summed E-state index contributed by atoms with van der Waals surface area (Å²) in [5, 5.41) is 3.26. The highest BCUT2D eigenvalue weighted by Gasteiger charge is 2.24. The molecule has 0 aromatic carbocycles. The van der Waals surface area contributed by atoms with Gasteiger partial charge in [0.2, 0.25) is 0 Å². The van der Waals surface area contributed by atoms with Crippen LogP contribution < -0.4 is 16.6 Å². The molecule has 0 saturated carbocycles. The van der Waals surface area contributed by atoms with Crippen molar-refractivity contribution in [3.8, 4) is 0 Å². The van der Waals surface area contributed by atoms with Crippen LogP contribution >= 0.6 is 0 Å². The van der Waals surface area contributed by atoms with Crippen LogP contribution in [0.15, 0.2) is 23.0 Å². The second-order valence-corrected chi connectivity index (χ2v) is 4.77. The molecular formula is C13H16N4O. The second kappa shape index (κ2) is 4.10. The Morgan fingerprint density at radius 2 is 2.33 bits per heavy atom. The van der Waals surface area contributed by atoms with Crippen molar-refractivity contribution >= 4 is 11.5 Å². The van der Waals surface area contributed by atoms with Crippen molar-refractivity contribution in [3.63, 3.8) is 0 Å². The normalized spacial score (nSPS) is 19.5. The van der Waals surface area contributed by atoms with E-state index in [1.54, 1.807) is 10.5 Å². The third-order valence-corrected chi connectivity index (χ3v) is 3.58. The standard InChI is InChI=1S/C13H16N4O/c1-8-3-2-4-10-16-12(14)11(13(18)17(8)10)9-5-6-15-7-9/h2-4,9,15H,5-7,14H2,1H3. The van der Waals surface area contributed by atoms with Crippen LogP contribution in [0.25, 0.3) is 5.65 Å². The largest absolute Gasteiger partial charge is 0.383 e. The Bertz CT molecular complexity index is 656. The van der Waals surface area contributed by atoms with Gasteiger partial charge in [-0.2, -0.15) is 0 Å². The average Bonchev–Trinajstić information content (AvgIpc) is 2.82. The Morgan fingerprint density at radius 3 is 3.06 bits per heavy atom. The fraction of sp³-hybridized carbons (Fsp3) is 0.385. The van der Waals surface area contributed by atoms with E-state index < -0.39 is 0 Å². The fourth-order valence-corrected chi connectivity index (χ4v) is 2.65. The number of nitrogen functional groups attached to an aromatic ring is 1. The van der Waals surface area contributed by atoms with Crippen molar-refractivity contribution in [2.75, 3.05) is 18.8 Å². The van der Waals surface area contributed by atoms with E-state index in [1.807, 2.05) is 19.1 Å². The predicted molar refractivity (Wildman–Crippen MR) is 70.8 cm³/mol. The van der Waals surface area contributed by atoms with E-state index in [0.29, 0.717) is 17.0 Å². The van der Waals surface area contributed by atoms with Crippen LogP contribution in [0.5, 0.6) is 0 Å². The maximum atomic E-state index is 12.6. The number of aromatic nitrogens is 2. The molecular weight excluding hydrogens is 228 g/mol. The van der Waals surface area contributed by atoms with Crippen LogP contribution in [0.3, 0.4) is 0 Å². The van der Waals surface area contributed by atoms with E-state index in [2.05, 4.69) is 10.3 Å². The van der Waals surface area contributed by atoms with Crippen LogP contribution in [0.2, 0.25) is 0 Å². The summed E-state index contributed by atoms with van der Waals surface area (Å²) in [5.74, 6) is 0.556. The first-order chi connectivity index (χ1) is 8.68. The van der Waals surface area contributed by atoms with E-state index in [-0.39, 0.29) is 11.5 Å². The molecule has 1 saturated heterocycles. The summed E-state index contributed by atoms with van der Waals surface area (Å²) in [7, 11) is 0. The summed E-state index contributed by atoms with van der Waals surface area (Å²) in [6, 6.07) is 5.59. The topological polar surface area (TPSA) is 72.4 Å². The van der Waals surface area contributed by atoms with E-state index >= 15 is 0 Å². The Labute approximate surface area is 105 Å². The molecule has 1 atom stereocenters. The van der Waals surface area contributed by atoms with Crippen molar-refractivity contribution in [2.24, 2.45) is 0 Å². The van der Waals surface area contributed by atoms with Crippen LogP contribution in [-0.2, 0) is 0 Å². The third-order valence-electron chi connectivity index (χ3n) is 3.58. The Kier molecular flexibility index (Phi) is 2.56. The molecule has 1 aliphatic heterocycles. The molecule has 1 unspecified atom stereocenters. The van der Waals surface area contributed by atoms with Crippen molar-refractivity contribution in [3.05, 3.63) is 39.8 Å². The second-order valence-electron chi connectivity index (χ2n) is 4.77. The summed E-state index contributed by atoms with van der Waals surface area (Å²) < 4.78 is 1.64. The van der Waals surface area contributed by atoms with Crippen LogP contribution in [0.1, 0.15) is 23.6 Å². The number of nitrogens with zero attached hydrogens (tertiary/aromatic N) is 2. The number of hydrogen-bond donors (Lipinski definition) is 2. The number of nitrogens with one attached hydrogen (secondary N) is 1. The molecule has 3 heterocycles. The first-order valence-corrected chi connectivity index (χ1v) is 6.17. The number of nitrogens with two attached hydrogens (primary N) is 1. The molecule has 0 amide bonds. The molecule has 2 aromatic heterocycles. The summed E-state index contributed by atoms with van der Waals surface area (Å²) in [6.45, 7) is 3.64. The predicted octanol–water partition coefficient (Wildman–Crippen LogP) is 0.662. The lowest BCUT2D eigenvalue weighted by molar-refractivity contribution is 0.741. The molecule has 3 rings (SSSR count). The average molecular weight is 244 g/mol. The molecule has 0 radical (unpaired) electrons. The zero-order chi connectivity index (χ0) is 12.7. The molecule has 5 heteroatoms. The van der Waals surface area contributed by atoms with Crippen molar-refractivity contribution in [1.82, 2.24) is 14.7 Å². The first-order valence-electron chi connectivity index (χ1n) is 6.17. The lowest BCUT2D eigenvalue weighted by atomic mass is 10.00. The maximum absolute atomic E-state index is 12.6. The van der Waals surface area contributed by atoms with Gasteiger partial charge in [-0.15, -0.1) is 0 Å². The van der Waals surface area contributed by atoms with Gasteiger partial charge in [0, 0.05) is 18.2 Å². The van der Waals surface area contributed by atoms with Gasteiger partial charge in [0.1, 0.15) is 11.5 Å². The minimum Gasteiger partial charge on any atom is -0.383 e. The molecule has 0 bridgehead atoms. The molecule has 18 heavy (non-hydrogen) atoms. The van der Waals surface area contributed by atoms with Gasteiger partial charge in [0.15, 0.2) is 0 Å². The zero-order valence-corrected chi connectivity index (χ0v) is 10.3. The van der Waals surface area contributed by atoms with Crippen LogP contribution in [0, 0.1) is 6.92 Å². The number of anilines is 1. The highest BCUT2D eigenvalue weighted by molar-refractivity contribution is 5.51. The smallest absolute Gasteiger partial charge is 0.263 e. The Balaban J connectivity index is 2.32. The van der Waals surface area contributed by atoms with Crippen molar-refractivity contribution in [1.29, 1.82) is 0 Å². The molecule has 0 spiro atoms. The van der Waals surface area contributed by atoms with Gasteiger partial charge in [-0.3, -0.25) is 9.20 Å². The van der Waals surface area contributed by atoms with Crippen LogP contribution in [-0.4, -0.2) is 22.5 Å². The summed E-state index contributed by atoms with van der Waals surface area (Å²) in [5.41, 5.74) is 8.10. The summed E-state index contributed by atoms with van der Waals surface area (Å²) in [6.07, 6.45) is 0.944. The van der Waals surface area contributed by atoms with E-state index in [9.17, 15) is 4.79 Å². The highest BCUT2D eigenvalue weighted by Crippen LogP contribution is 2.23. The lowest BCUT2D eigenvalue weighted by Gasteiger charge is -2.13. The van der Waals surface area contributed by atoms with Gasteiger partial charge in [-0.1, -0.05) is 6.07 Å². The first kappa shape index (κ1) is 11.2. The van der Waals surface area contributed by atoms with Gasteiger partial charge >= 0.3 is 0 Å². The van der Waals surface area contributed by atoms with Gasteiger partial charge in [0.25, 0.3) is 5.56 Å². The van der Waals surface area contributed by atoms with E-state index in [0.717, 1.165) is 25.2 Å². The number of rotatable bonds is 1. The molecule has 2 aromatic rings. The van der Waals surface area contributed by atoms with Crippen molar-refractivity contribution < 1.29 is 0 Å². The van der Waals surface area contributed by atoms with Gasteiger partial charge in [0.05, 0.1) is 5.56 Å². The van der Waals surface area contributed by atoms with Gasteiger partial charge < -0.3 is 11.1 Å². The zero-order valence-electron chi connectivity index (χ0n) is 10.3. The molecule has 3 N–H and O–H groups in total. The van der Waals surface area contributed by atoms with Gasteiger partial charge in [-0.25, -0.2) is 4.98 Å². The Hall–Kier alpha value is -1.88. The monoisotopic (exact) mass is 244 g/mol. The summed E-state index contributed by atoms with van der Waals surface area (Å²) in [4.78, 5) is 16.9. The lowest BCUT2D eigenvalue weighted by Crippen LogP contribution is -2.26. The number of hydrogen-bond acceptors (Lipinski definition) is 4. The van der Waals surface area contributed by atoms with Gasteiger partial charge in [-0.05, 0) is 32.0 Å². The molecule has 94 valence electrons. The highest BCUT2D eigenvalue weighted by atomic mass is 16.1. The SMILES string of the molecule is Cc1cccc2nc(N)c(C3CCNC3)c(=O)n12. The van der Waals surface area contributed by atoms with E-state index in [1.165, 1.54) is 0 Å². The minimum absolute atomic E-state index is 0.0238. The Morgan fingerprint density at radius 1 is 1.50 bits per heavy atom. The quantitative estimate of drug-likeness (QED) is 0.773. The number of aryl methyl sites for hydroxylation is 1. The fourth-order valence-electron chi connectivity index (χ4n) is 2.65. The minimum atomic E-state index is -0.0238. The molecule has 1 aliphatic rings. The molecule has 5 nitrogen and oxygen atoms in total. The number of fused-ring (bicyclic) bond motifs is 1. The summed E-state index contributed by atoms with van der Waals surface area (Å²) >= 11 is 0. The number of pyridine rings is 1.